The molecule has 3 aromatic rings. The number of methoxy groups -OCH3 is 1. The normalized spacial score (nSPS) is 11.8. The molecule has 0 aromatic carbocycles. The van der Waals surface area contributed by atoms with E-state index in [2.05, 4.69) is 30.0 Å². The molecule has 2 N–H and O–H groups in total. The first-order valence-corrected chi connectivity index (χ1v) is 10.7. The number of anilines is 1. The molecule has 34 heavy (non-hydrogen) atoms. The van der Waals surface area contributed by atoms with E-state index in [-0.39, 0.29) is 30.8 Å². The Hall–Kier alpha value is -3.83. The molecule has 0 aliphatic carbocycles. The summed E-state index contributed by atoms with van der Waals surface area (Å²) in [6, 6.07) is 1.11. The van der Waals surface area contributed by atoms with Crippen molar-refractivity contribution < 1.29 is 27.8 Å². The summed E-state index contributed by atoms with van der Waals surface area (Å²) >= 11 is 0. The molecule has 0 radical (unpaired) electrons. The van der Waals surface area contributed by atoms with Crippen LogP contribution in [-0.4, -0.2) is 69.7 Å². The number of H-pyrrole nitrogens is 1. The van der Waals surface area contributed by atoms with Crippen LogP contribution in [-0.2, 0) is 14.3 Å². The number of hydrogen-bond donors (Lipinski definition) is 2. The molecule has 1 amide bonds. The average Bonchev–Trinajstić information content (AvgIpc) is 3.24. The van der Waals surface area contributed by atoms with Gasteiger partial charge >= 0.3 is 12.1 Å². The van der Waals surface area contributed by atoms with Gasteiger partial charge in [0, 0.05) is 29.7 Å². The first-order chi connectivity index (χ1) is 16.3. The Morgan fingerprint density at radius 3 is 2.79 bits per heavy atom. The van der Waals surface area contributed by atoms with E-state index in [4.69, 9.17) is 4.74 Å². The number of amides is 1. The van der Waals surface area contributed by atoms with Gasteiger partial charge in [0.25, 0.3) is 0 Å². The van der Waals surface area contributed by atoms with E-state index in [1.165, 1.54) is 18.1 Å². The second kappa shape index (κ2) is 11.3. The Balaban J connectivity index is 1.56. The fraction of sp³-hybridized carbons (Fsp3) is 0.409. The highest BCUT2D eigenvalue weighted by Crippen LogP contribution is 2.27. The average molecular weight is 476 g/mol. The Bertz CT molecular complexity index is 1160. The summed E-state index contributed by atoms with van der Waals surface area (Å²) in [6.45, 7) is 3.82. The Kier molecular flexibility index (Phi) is 8.28. The van der Waals surface area contributed by atoms with Crippen LogP contribution in [0.1, 0.15) is 26.7 Å². The van der Waals surface area contributed by atoms with Gasteiger partial charge in [0.15, 0.2) is 17.5 Å². The van der Waals surface area contributed by atoms with Crippen LogP contribution < -0.4 is 5.32 Å². The third kappa shape index (κ3) is 6.15. The van der Waals surface area contributed by atoms with Crippen molar-refractivity contribution >= 4 is 28.9 Å². The topological polar surface area (TPSA) is 122 Å². The summed E-state index contributed by atoms with van der Waals surface area (Å²) < 4.78 is 37.7. The number of pyridine rings is 1. The fourth-order valence-corrected chi connectivity index (χ4v) is 3.23. The standard InChI is InChI=1S/C22H26F2N6O4/c1-4-30(12-18(31)33-3)22(32)34-7-5-6-13(2)28-21-17(24)11-27-20(29-21)16-10-26-19-15(16)8-14(23)9-25-19/h8-11,13H,4-7,12H2,1-3H3,(H,25,26)(H,27,28,29)/t13-/m1/s1. The molecule has 3 rings (SSSR count). The van der Waals surface area contributed by atoms with Crippen LogP contribution in [0.5, 0.6) is 0 Å². The molecular formula is C22H26F2N6O4. The number of hydrogen-bond acceptors (Lipinski definition) is 8. The monoisotopic (exact) mass is 476 g/mol. The SMILES string of the molecule is CCN(CC(=O)OC)C(=O)OCCC[C@@H](C)Nc1nc(-c2c[nH]c3ncc(F)cc23)ncc1F. The van der Waals surface area contributed by atoms with E-state index >= 15 is 0 Å². The number of fused-ring (bicyclic) bond motifs is 1. The third-order valence-corrected chi connectivity index (χ3v) is 5.06. The molecule has 0 spiro atoms. The third-order valence-electron chi connectivity index (χ3n) is 5.06. The molecular weight excluding hydrogens is 450 g/mol. The first-order valence-electron chi connectivity index (χ1n) is 10.7. The number of likely N-dealkylation sites (N-methyl/N-ethyl adjacent to an activating group) is 1. The van der Waals surface area contributed by atoms with Crippen LogP contribution in [0.25, 0.3) is 22.4 Å². The van der Waals surface area contributed by atoms with Gasteiger partial charge in [-0.15, -0.1) is 0 Å². The number of carbonyl (C=O) groups is 2. The quantitative estimate of drug-likeness (QED) is 0.337. The number of aromatic amines is 1. The van der Waals surface area contributed by atoms with Crippen LogP contribution in [0.15, 0.2) is 24.7 Å². The van der Waals surface area contributed by atoms with Crippen molar-refractivity contribution in [1.82, 2.24) is 24.8 Å². The summed E-state index contributed by atoms with van der Waals surface area (Å²) in [7, 11) is 1.25. The molecule has 0 aliphatic rings. The summed E-state index contributed by atoms with van der Waals surface area (Å²) in [6.07, 6.45) is 4.18. The van der Waals surface area contributed by atoms with Crippen molar-refractivity contribution in [3.05, 3.63) is 36.3 Å². The second-order valence-electron chi connectivity index (χ2n) is 7.53. The van der Waals surface area contributed by atoms with Crippen molar-refractivity contribution in [1.29, 1.82) is 0 Å². The largest absolute Gasteiger partial charge is 0.468 e. The smallest absolute Gasteiger partial charge is 0.410 e. The summed E-state index contributed by atoms with van der Waals surface area (Å²) in [4.78, 5) is 39.8. The molecule has 0 aliphatic heterocycles. The van der Waals surface area contributed by atoms with Crippen LogP contribution in [0.4, 0.5) is 19.4 Å². The number of nitrogens with zero attached hydrogens (tertiary/aromatic N) is 4. The van der Waals surface area contributed by atoms with Gasteiger partial charge in [0.2, 0.25) is 0 Å². The van der Waals surface area contributed by atoms with E-state index < -0.39 is 23.7 Å². The molecule has 1 atom stereocenters. The highest BCUT2D eigenvalue weighted by molar-refractivity contribution is 5.91. The van der Waals surface area contributed by atoms with Gasteiger partial charge < -0.3 is 19.8 Å². The molecule has 0 saturated carbocycles. The predicted molar refractivity (Wildman–Crippen MR) is 120 cm³/mol. The number of rotatable bonds is 10. The maximum atomic E-state index is 14.3. The van der Waals surface area contributed by atoms with Crippen molar-refractivity contribution in [3.63, 3.8) is 0 Å². The van der Waals surface area contributed by atoms with Crippen LogP contribution in [0.3, 0.4) is 0 Å². The van der Waals surface area contributed by atoms with Gasteiger partial charge in [0.1, 0.15) is 18.0 Å². The zero-order chi connectivity index (χ0) is 24.7. The lowest BCUT2D eigenvalue weighted by atomic mass is 10.2. The highest BCUT2D eigenvalue weighted by atomic mass is 19.1. The molecule has 3 aromatic heterocycles. The predicted octanol–water partition coefficient (Wildman–Crippen LogP) is 3.51. The lowest BCUT2D eigenvalue weighted by Crippen LogP contribution is -2.36. The van der Waals surface area contributed by atoms with Crippen molar-refractivity contribution in [2.75, 3.05) is 32.1 Å². The zero-order valence-electron chi connectivity index (χ0n) is 19.1. The van der Waals surface area contributed by atoms with Crippen LogP contribution in [0, 0.1) is 11.6 Å². The highest BCUT2D eigenvalue weighted by Gasteiger charge is 2.18. The van der Waals surface area contributed by atoms with E-state index in [0.717, 1.165) is 12.4 Å². The van der Waals surface area contributed by atoms with Crippen molar-refractivity contribution in [3.8, 4) is 11.4 Å². The number of carbonyl (C=O) groups excluding carboxylic acids is 2. The molecule has 0 bridgehead atoms. The molecule has 0 unspecified atom stereocenters. The van der Waals surface area contributed by atoms with Crippen LogP contribution in [0.2, 0.25) is 0 Å². The van der Waals surface area contributed by atoms with Gasteiger partial charge in [-0.2, -0.15) is 0 Å². The molecule has 3 heterocycles. The molecule has 12 heteroatoms. The molecule has 0 saturated heterocycles. The second-order valence-corrected chi connectivity index (χ2v) is 7.53. The minimum atomic E-state index is -0.632. The van der Waals surface area contributed by atoms with E-state index in [9.17, 15) is 18.4 Å². The maximum absolute atomic E-state index is 14.3. The summed E-state index contributed by atoms with van der Waals surface area (Å²) in [5.41, 5.74) is 0.965. The number of esters is 1. The van der Waals surface area contributed by atoms with E-state index in [0.29, 0.717) is 36.0 Å². The minimum absolute atomic E-state index is 0.00319. The lowest BCUT2D eigenvalue weighted by Gasteiger charge is -2.19. The maximum Gasteiger partial charge on any atom is 0.410 e. The van der Waals surface area contributed by atoms with E-state index in [1.54, 1.807) is 13.1 Å². The Labute approximate surface area is 194 Å². The number of aromatic nitrogens is 4. The number of ether oxygens (including phenoxy) is 2. The van der Waals surface area contributed by atoms with Gasteiger partial charge in [-0.3, -0.25) is 9.69 Å². The Morgan fingerprint density at radius 1 is 1.26 bits per heavy atom. The Morgan fingerprint density at radius 2 is 2.06 bits per heavy atom. The van der Waals surface area contributed by atoms with Gasteiger partial charge in [-0.1, -0.05) is 0 Å². The van der Waals surface area contributed by atoms with Crippen LogP contribution >= 0.6 is 0 Å². The number of halogens is 2. The first kappa shape index (κ1) is 24.8. The molecule has 0 fully saturated rings. The lowest BCUT2D eigenvalue weighted by molar-refractivity contribution is -0.141. The van der Waals surface area contributed by atoms with Gasteiger partial charge in [0.05, 0.1) is 26.1 Å². The fourth-order valence-electron chi connectivity index (χ4n) is 3.23. The van der Waals surface area contributed by atoms with Crippen molar-refractivity contribution in [2.24, 2.45) is 0 Å². The summed E-state index contributed by atoms with van der Waals surface area (Å²) in [5.74, 6) is -1.45. The summed E-state index contributed by atoms with van der Waals surface area (Å²) in [5, 5.41) is 3.48. The molecule has 10 nitrogen and oxygen atoms in total. The van der Waals surface area contributed by atoms with E-state index in [1.807, 2.05) is 6.92 Å². The number of nitrogens with one attached hydrogen (secondary N) is 2. The van der Waals surface area contributed by atoms with Gasteiger partial charge in [-0.25, -0.2) is 28.5 Å². The molecule has 182 valence electrons. The zero-order valence-corrected chi connectivity index (χ0v) is 19.1. The van der Waals surface area contributed by atoms with Gasteiger partial charge in [-0.05, 0) is 32.8 Å². The van der Waals surface area contributed by atoms with Crippen molar-refractivity contribution in [2.45, 2.75) is 32.7 Å². The minimum Gasteiger partial charge on any atom is -0.468 e.